The Hall–Kier alpha value is -3.12. The van der Waals surface area contributed by atoms with Crippen molar-refractivity contribution in [3.8, 4) is 5.75 Å². The highest BCUT2D eigenvalue weighted by Gasteiger charge is 2.46. The van der Waals surface area contributed by atoms with Crippen molar-refractivity contribution in [3.63, 3.8) is 0 Å². The number of nitrogens with zero attached hydrogens (tertiary/aromatic N) is 2. The van der Waals surface area contributed by atoms with Crippen LogP contribution < -0.4 is 4.74 Å². The molecule has 0 saturated carbocycles. The van der Waals surface area contributed by atoms with E-state index in [4.69, 9.17) is 4.74 Å². The second kappa shape index (κ2) is 11.1. The van der Waals surface area contributed by atoms with E-state index in [1.54, 1.807) is 23.1 Å². The van der Waals surface area contributed by atoms with Gasteiger partial charge in [-0.15, -0.1) is 0 Å². The Morgan fingerprint density at radius 3 is 2.45 bits per heavy atom. The largest absolute Gasteiger partial charge is 0.507 e. The second-order valence-corrected chi connectivity index (χ2v) is 8.31. The summed E-state index contributed by atoms with van der Waals surface area (Å²) in [5.74, 6) is -0.789. The minimum Gasteiger partial charge on any atom is -0.507 e. The summed E-state index contributed by atoms with van der Waals surface area (Å²) in [6, 6.07) is 14.1. The predicted octanol–water partition coefficient (Wildman–Crippen LogP) is 4.55. The highest BCUT2D eigenvalue weighted by molar-refractivity contribution is 6.46. The Labute approximate surface area is 196 Å². The second-order valence-electron chi connectivity index (χ2n) is 8.31. The number of rotatable bonds is 10. The number of carbonyl (C=O) groups is 2. The molecule has 2 aromatic carbocycles. The molecule has 1 amide bonds. The molecule has 3 rings (SSSR count). The van der Waals surface area contributed by atoms with Gasteiger partial charge in [0.1, 0.15) is 11.5 Å². The van der Waals surface area contributed by atoms with Gasteiger partial charge in [0.2, 0.25) is 0 Å². The van der Waals surface area contributed by atoms with Gasteiger partial charge in [-0.05, 0) is 44.1 Å². The molecule has 1 unspecified atom stereocenters. The zero-order valence-electron chi connectivity index (χ0n) is 20.0. The van der Waals surface area contributed by atoms with Crippen molar-refractivity contribution in [1.29, 1.82) is 0 Å². The lowest BCUT2D eigenvalue weighted by atomic mass is 9.94. The van der Waals surface area contributed by atoms with Gasteiger partial charge in [-0.1, -0.05) is 62.7 Å². The third kappa shape index (κ3) is 5.45. The number of aliphatic hydroxyl groups is 1. The molecule has 0 radical (unpaired) electrons. The van der Waals surface area contributed by atoms with E-state index in [9.17, 15) is 14.7 Å². The molecule has 0 aromatic heterocycles. The summed E-state index contributed by atoms with van der Waals surface area (Å²) < 4.78 is 5.69. The molecule has 33 heavy (non-hydrogen) atoms. The fourth-order valence-electron chi connectivity index (χ4n) is 4.19. The van der Waals surface area contributed by atoms with Crippen LogP contribution in [0.5, 0.6) is 5.75 Å². The number of aliphatic hydroxyl groups excluding tert-OH is 1. The number of amides is 1. The van der Waals surface area contributed by atoms with Gasteiger partial charge in [0.15, 0.2) is 0 Å². The SMILES string of the molecule is CCCOc1cccc(/C(O)=C2/C(=O)C(=O)N(CCN(CC)CC)C2c2cccc(C)c2)c1. The molecular weight excluding hydrogens is 416 g/mol. The van der Waals surface area contributed by atoms with Crippen LogP contribution in [0.1, 0.15) is 49.9 Å². The maximum Gasteiger partial charge on any atom is 0.295 e. The standard InChI is InChI=1S/C27H34N2O4/c1-5-16-33-22-13-9-12-21(18-22)25(30)23-24(20-11-8-10-19(4)17-20)29(27(32)26(23)31)15-14-28(6-2)7-3/h8-13,17-18,24,30H,5-7,14-16H2,1-4H3/b25-23-. The maximum absolute atomic E-state index is 13.2. The third-order valence-corrected chi connectivity index (χ3v) is 6.03. The summed E-state index contributed by atoms with van der Waals surface area (Å²) in [4.78, 5) is 30.1. The van der Waals surface area contributed by atoms with Gasteiger partial charge in [-0.3, -0.25) is 9.59 Å². The molecule has 1 N–H and O–H groups in total. The molecular formula is C27H34N2O4. The van der Waals surface area contributed by atoms with Gasteiger partial charge in [-0.25, -0.2) is 0 Å². The first-order chi connectivity index (χ1) is 15.9. The van der Waals surface area contributed by atoms with Crippen molar-refractivity contribution >= 4 is 17.4 Å². The number of aryl methyl sites for hydroxylation is 1. The van der Waals surface area contributed by atoms with Crippen LogP contribution in [0, 0.1) is 6.92 Å². The average Bonchev–Trinajstić information content (AvgIpc) is 3.08. The quantitative estimate of drug-likeness (QED) is 0.327. The van der Waals surface area contributed by atoms with Crippen LogP contribution in [-0.4, -0.2) is 59.4 Å². The van der Waals surface area contributed by atoms with E-state index < -0.39 is 17.7 Å². The van der Waals surface area contributed by atoms with Crippen LogP contribution >= 0.6 is 0 Å². The summed E-state index contributed by atoms with van der Waals surface area (Å²) in [7, 11) is 0. The fraction of sp³-hybridized carbons (Fsp3) is 0.407. The lowest BCUT2D eigenvalue weighted by molar-refractivity contribution is -0.140. The Morgan fingerprint density at radius 2 is 1.79 bits per heavy atom. The smallest absolute Gasteiger partial charge is 0.295 e. The van der Waals surface area contributed by atoms with E-state index in [1.807, 2.05) is 44.2 Å². The normalized spacial score (nSPS) is 17.7. The number of ether oxygens (including phenoxy) is 1. The van der Waals surface area contributed by atoms with Gasteiger partial charge in [0.25, 0.3) is 11.7 Å². The first-order valence-electron chi connectivity index (χ1n) is 11.7. The van der Waals surface area contributed by atoms with Crippen LogP contribution in [0.25, 0.3) is 5.76 Å². The zero-order chi connectivity index (χ0) is 24.0. The highest BCUT2D eigenvalue weighted by atomic mass is 16.5. The van der Waals surface area contributed by atoms with Crippen molar-refractivity contribution in [1.82, 2.24) is 9.80 Å². The van der Waals surface area contributed by atoms with E-state index in [2.05, 4.69) is 18.7 Å². The third-order valence-electron chi connectivity index (χ3n) is 6.03. The number of hydrogen-bond acceptors (Lipinski definition) is 5. The van der Waals surface area contributed by atoms with E-state index >= 15 is 0 Å². The summed E-state index contributed by atoms with van der Waals surface area (Å²) in [5.41, 5.74) is 2.42. The fourth-order valence-corrected chi connectivity index (χ4v) is 4.19. The van der Waals surface area contributed by atoms with Crippen molar-refractivity contribution in [3.05, 3.63) is 70.8 Å². The molecule has 1 atom stereocenters. The van der Waals surface area contributed by atoms with E-state index in [1.165, 1.54) is 0 Å². The summed E-state index contributed by atoms with van der Waals surface area (Å²) in [5, 5.41) is 11.3. The molecule has 0 aliphatic carbocycles. The first-order valence-corrected chi connectivity index (χ1v) is 11.7. The molecule has 0 bridgehead atoms. The number of carbonyl (C=O) groups excluding carboxylic acids is 2. The molecule has 1 aliphatic heterocycles. The van der Waals surface area contributed by atoms with Gasteiger partial charge < -0.3 is 19.6 Å². The van der Waals surface area contributed by atoms with Crippen molar-refractivity contribution in [2.45, 2.75) is 40.2 Å². The number of benzene rings is 2. The lowest BCUT2D eigenvalue weighted by Gasteiger charge is -2.28. The summed E-state index contributed by atoms with van der Waals surface area (Å²) in [6.45, 7) is 11.5. The molecule has 1 saturated heterocycles. The van der Waals surface area contributed by atoms with Gasteiger partial charge in [-0.2, -0.15) is 0 Å². The highest BCUT2D eigenvalue weighted by Crippen LogP contribution is 2.39. The van der Waals surface area contributed by atoms with E-state index in [-0.39, 0.29) is 11.3 Å². The van der Waals surface area contributed by atoms with Crippen molar-refractivity contribution < 1.29 is 19.4 Å². The first kappa shape index (κ1) is 24.5. The minimum absolute atomic E-state index is 0.123. The summed E-state index contributed by atoms with van der Waals surface area (Å²) in [6.07, 6.45) is 0.862. The van der Waals surface area contributed by atoms with Crippen LogP contribution in [-0.2, 0) is 9.59 Å². The molecule has 6 heteroatoms. The van der Waals surface area contributed by atoms with Crippen molar-refractivity contribution in [2.75, 3.05) is 32.8 Å². The number of ketones is 1. The molecule has 2 aromatic rings. The maximum atomic E-state index is 13.2. The zero-order valence-corrected chi connectivity index (χ0v) is 20.0. The number of likely N-dealkylation sites (N-methyl/N-ethyl adjacent to an activating group) is 1. The molecule has 0 spiro atoms. The van der Waals surface area contributed by atoms with Crippen LogP contribution in [0.2, 0.25) is 0 Å². The molecule has 1 aliphatic rings. The molecule has 1 heterocycles. The Kier molecular flexibility index (Phi) is 8.28. The number of likely N-dealkylation sites (tertiary alicyclic amines) is 1. The van der Waals surface area contributed by atoms with Crippen LogP contribution in [0.3, 0.4) is 0 Å². The molecule has 6 nitrogen and oxygen atoms in total. The van der Waals surface area contributed by atoms with Crippen molar-refractivity contribution in [2.24, 2.45) is 0 Å². The lowest BCUT2D eigenvalue weighted by Crippen LogP contribution is -2.38. The monoisotopic (exact) mass is 450 g/mol. The van der Waals surface area contributed by atoms with Crippen LogP contribution in [0.4, 0.5) is 0 Å². The summed E-state index contributed by atoms with van der Waals surface area (Å²) >= 11 is 0. The van der Waals surface area contributed by atoms with Gasteiger partial charge in [0.05, 0.1) is 18.2 Å². The van der Waals surface area contributed by atoms with E-state index in [0.29, 0.717) is 31.0 Å². The Balaban J connectivity index is 2.07. The molecule has 176 valence electrons. The predicted molar refractivity (Wildman–Crippen MR) is 130 cm³/mol. The van der Waals surface area contributed by atoms with Gasteiger partial charge in [0, 0.05) is 18.7 Å². The topological polar surface area (TPSA) is 70.1 Å². The molecule has 1 fully saturated rings. The van der Waals surface area contributed by atoms with Gasteiger partial charge >= 0.3 is 0 Å². The Morgan fingerprint density at radius 1 is 1.06 bits per heavy atom. The number of Topliss-reactive ketones (excluding diaryl/α,β-unsaturated/α-hetero) is 1. The Bertz CT molecular complexity index is 1030. The minimum atomic E-state index is -0.654. The van der Waals surface area contributed by atoms with E-state index in [0.717, 1.165) is 30.6 Å². The number of hydrogen-bond donors (Lipinski definition) is 1. The average molecular weight is 451 g/mol. The van der Waals surface area contributed by atoms with Crippen LogP contribution in [0.15, 0.2) is 54.1 Å².